The number of nitrogens with two attached hydrogens (primary N) is 1. The number of carboxylic acids is 3. The lowest BCUT2D eigenvalue weighted by Gasteiger charge is -2.25. The van der Waals surface area contributed by atoms with Crippen molar-refractivity contribution in [2.24, 2.45) is 11.7 Å². The van der Waals surface area contributed by atoms with Crippen molar-refractivity contribution < 1.29 is 44.1 Å². The molecule has 15 heteroatoms. The molecule has 0 bridgehead atoms. The molecule has 15 nitrogen and oxygen atoms in total. The highest BCUT2D eigenvalue weighted by molar-refractivity contribution is 5.94. The van der Waals surface area contributed by atoms with Gasteiger partial charge in [0.2, 0.25) is 17.7 Å². The van der Waals surface area contributed by atoms with Gasteiger partial charge < -0.3 is 42.0 Å². The lowest BCUT2D eigenvalue weighted by atomic mass is 9.98. The zero-order valence-corrected chi connectivity index (χ0v) is 20.6. The number of amides is 3. The molecule has 9 N–H and O–H groups in total. The minimum atomic E-state index is -1.58. The van der Waals surface area contributed by atoms with E-state index in [0.717, 1.165) is 0 Å². The third kappa shape index (κ3) is 11.1. The first-order chi connectivity index (χ1) is 17.3. The van der Waals surface area contributed by atoms with Crippen LogP contribution in [-0.4, -0.2) is 85.1 Å². The van der Waals surface area contributed by atoms with Gasteiger partial charge in [0.1, 0.15) is 18.1 Å². The molecular weight excluding hydrogens is 492 g/mol. The van der Waals surface area contributed by atoms with E-state index in [0.29, 0.717) is 12.1 Å². The molecule has 0 fully saturated rings. The number of carboxylic acid groups (broad SMARTS) is 3. The minimum absolute atomic E-state index is 0.0611. The van der Waals surface area contributed by atoms with Crippen molar-refractivity contribution in [2.75, 3.05) is 0 Å². The number of hydrogen-bond donors (Lipinski definition) is 8. The number of carbonyl (C=O) groups is 6. The van der Waals surface area contributed by atoms with Gasteiger partial charge in [0.15, 0.2) is 0 Å². The van der Waals surface area contributed by atoms with Gasteiger partial charge in [-0.15, -0.1) is 0 Å². The number of nitrogens with one attached hydrogen (secondary N) is 4. The molecule has 0 saturated carbocycles. The van der Waals surface area contributed by atoms with Crippen molar-refractivity contribution >= 4 is 35.6 Å². The highest BCUT2D eigenvalue weighted by atomic mass is 16.4. The summed E-state index contributed by atoms with van der Waals surface area (Å²) in [4.78, 5) is 78.6. The number of nitrogens with zero attached hydrogens (tertiary/aromatic N) is 1. The summed E-state index contributed by atoms with van der Waals surface area (Å²) in [6.45, 7) is 3.61. The van der Waals surface area contributed by atoms with Crippen LogP contribution in [0.2, 0.25) is 0 Å². The fourth-order valence-corrected chi connectivity index (χ4v) is 3.21. The number of aliphatic carboxylic acids is 3. The fourth-order valence-electron chi connectivity index (χ4n) is 3.21. The number of carbonyl (C=O) groups excluding carboxylic acids is 3. The van der Waals surface area contributed by atoms with E-state index >= 15 is 0 Å². The van der Waals surface area contributed by atoms with Crippen molar-refractivity contribution in [3.63, 3.8) is 0 Å². The molecule has 0 radical (unpaired) electrons. The van der Waals surface area contributed by atoms with Crippen molar-refractivity contribution in [1.82, 2.24) is 25.9 Å². The van der Waals surface area contributed by atoms with Gasteiger partial charge in [-0.3, -0.25) is 24.0 Å². The van der Waals surface area contributed by atoms with Crippen LogP contribution in [-0.2, 0) is 35.2 Å². The summed E-state index contributed by atoms with van der Waals surface area (Å²) < 4.78 is 0. The van der Waals surface area contributed by atoms with Crippen LogP contribution in [0.3, 0.4) is 0 Å². The lowest BCUT2D eigenvalue weighted by Crippen LogP contribution is -2.58. The van der Waals surface area contributed by atoms with E-state index < -0.39 is 85.5 Å². The predicted octanol–water partition coefficient (Wildman–Crippen LogP) is -1.41. The van der Waals surface area contributed by atoms with Crippen LogP contribution in [0.1, 0.15) is 51.6 Å². The average molecular weight is 527 g/mol. The van der Waals surface area contributed by atoms with E-state index in [1.807, 2.05) is 6.92 Å². The second kappa shape index (κ2) is 15.2. The molecule has 0 aliphatic carbocycles. The number of rotatable bonds is 17. The molecular formula is C22H34N6O9. The maximum absolute atomic E-state index is 13.1. The molecule has 37 heavy (non-hydrogen) atoms. The molecule has 0 saturated heterocycles. The molecule has 1 rings (SSSR count). The van der Waals surface area contributed by atoms with Crippen molar-refractivity contribution in [3.8, 4) is 0 Å². The number of H-pyrrole nitrogens is 1. The molecule has 1 heterocycles. The Bertz CT molecular complexity index is 952. The van der Waals surface area contributed by atoms with Crippen LogP contribution in [0.5, 0.6) is 0 Å². The van der Waals surface area contributed by atoms with Crippen LogP contribution in [0.25, 0.3) is 0 Å². The summed E-state index contributed by atoms with van der Waals surface area (Å²) in [6, 6.07) is -5.22. The van der Waals surface area contributed by atoms with E-state index in [2.05, 4.69) is 25.9 Å². The minimum Gasteiger partial charge on any atom is -0.481 e. The SMILES string of the molecule is CCC(C)C(N)C(=O)NC(Cc1cnc[nH]1)C(=O)NC(CCC(=O)O)C(=O)NC(CCC(=O)O)C(=O)O. The third-order valence-electron chi connectivity index (χ3n) is 5.71. The molecule has 5 atom stereocenters. The maximum Gasteiger partial charge on any atom is 0.326 e. The number of imidazole rings is 1. The summed E-state index contributed by atoms with van der Waals surface area (Å²) >= 11 is 0. The molecule has 3 amide bonds. The summed E-state index contributed by atoms with van der Waals surface area (Å²) in [5, 5.41) is 34.2. The van der Waals surface area contributed by atoms with Crippen molar-refractivity contribution in [3.05, 3.63) is 18.2 Å². The second-order valence-corrected chi connectivity index (χ2v) is 8.58. The average Bonchev–Trinajstić information content (AvgIpc) is 3.35. The first kappa shape index (κ1) is 31.0. The molecule has 0 spiro atoms. The fraction of sp³-hybridized carbons (Fsp3) is 0.591. The molecule has 5 unspecified atom stereocenters. The standard InChI is InChI=1S/C22H34N6O9/c1-3-11(2)18(23)21(35)28-15(8-12-9-24-10-25-12)20(34)26-13(4-6-16(29)30)19(33)27-14(22(36)37)5-7-17(31)32/h9-11,13-15,18H,3-8,23H2,1-2H3,(H,24,25)(H,26,34)(H,27,33)(H,28,35)(H,29,30)(H,31,32)(H,36,37). The Balaban J connectivity index is 3.09. The van der Waals surface area contributed by atoms with Crippen LogP contribution < -0.4 is 21.7 Å². The van der Waals surface area contributed by atoms with Gasteiger partial charge in [0, 0.05) is 31.2 Å². The number of aromatic amines is 1. The highest BCUT2D eigenvalue weighted by Gasteiger charge is 2.31. The van der Waals surface area contributed by atoms with E-state index in [9.17, 15) is 33.9 Å². The highest BCUT2D eigenvalue weighted by Crippen LogP contribution is 2.08. The van der Waals surface area contributed by atoms with Crippen LogP contribution in [0.15, 0.2) is 12.5 Å². The summed E-state index contributed by atoms with van der Waals surface area (Å²) in [5.41, 5.74) is 6.44. The second-order valence-electron chi connectivity index (χ2n) is 8.58. The smallest absolute Gasteiger partial charge is 0.326 e. The Labute approximate surface area is 212 Å². The Morgan fingerprint density at radius 2 is 1.41 bits per heavy atom. The normalized spacial score (nSPS) is 14.9. The topological polar surface area (TPSA) is 254 Å². The summed E-state index contributed by atoms with van der Waals surface area (Å²) in [5.74, 6) is -6.71. The zero-order valence-electron chi connectivity index (χ0n) is 20.6. The van der Waals surface area contributed by atoms with Gasteiger partial charge in [-0.2, -0.15) is 0 Å². The van der Waals surface area contributed by atoms with Gasteiger partial charge in [-0.1, -0.05) is 20.3 Å². The molecule has 1 aromatic heterocycles. The van der Waals surface area contributed by atoms with E-state index in [1.54, 1.807) is 6.92 Å². The van der Waals surface area contributed by atoms with Gasteiger partial charge >= 0.3 is 17.9 Å². The molecule has 0 aliphatic rings. The first-order valence-corrected chi connectivity index (χ1v) is 11.7. The van der Waals surface area contributed by atoms with Gasteiger partial charge in [0.25, 0.3) is 0 Å². The van der Waals surface area contributed by atoms with Gasteiger partial charge in [-0.25, -0.2) is 9.78 Å². The van der Waals surface area contributed by atoms with Crippen LogP contribution in [0, 0.1) is 5.92 Å². The van der Waals surface area contributed by atoms with Crippen molar-refractivity contribution in [2.45, 2.75) is 76.5 Å². The summed E-state index contributed by atoms with van der Waals surface area (Å²) in [6.07, 6.45) is 1.43. The quantitative estimate of drug-likeness (QED) is 0.117. The Hall–Kier alpha value is -4.01. The summed E-state index contributed by atoms with van der Waals surface area (Å²) in [7, 11) is 0. The first-order valence-electron chi connectivity index (χ1n) is 11.7. The predicted molar refractivity (Wildman–Crippen MR) is 127 cm³/mol. The van der Waals surface area contributed by atoms with Gasteiger partial charge in [0.05, 0.1) is 12.4 Å². The van der Waals surface area contributed by atoms with Gasteiger partial charge in [-0.05, 0) is 18.8 Å². The monoisotopic (exact) mass is 526 g/mol. The van der Waals surface area contributed by atoms with Crippen molar-refractivity contribution in [1.29, 1.82) is 0 Å². The molecule has 206 valence electrons. The Morgan fingerprint density at radius 3 is 1.89 bits per heavy atom. The Kier molecular flexibility index (Phi) is 12.7. The van der Waals surface area contributed by atoms with Crippen LogP contribution in [0.4, 0.5) is 0 Å². The largest absolute Gasteiger partial charge is 0.481 e. The maximum atomic E-state index is 13.1. The zero-order chi connectivity index (χ0) is 28.1. The van der Waals surface area contributed by atoms with E-state index in [-0.39, 0.29) is 12.3 Å². The van der Waals surface area contributed by atoms with E-state index in [4.69, 9.17) is 15.9 Å². The number of hydrogen-bond acceptors (Lipinski definition) is 8. The Morgan fingerprint density at radius 1 is 0.892 bits per heavy atom. The molecule has 0 aliphatic heterocycles. The molecule has 1 aromatic rings. The van der Waals surface area contributed by atoms with Crippen LogP contribution >= 0.6 is 0 Å². The molecule has 0 aromatic carbocycles. The lowest BCUT2D eigenvalue weighted by molar-refractivity contribution is -0.144. The van der Waals surface area contributed by atoms with E-state index in [1.165, 1.54) is 12.5 Å². The third-order valence-corrected chi connectivity index (χ3v) is 5.71. The number of aromatic nitrogens is 2.